The van der Waals surface area contributed by atoms with Gasteiger partial charge < -0.3 is 5.32 Å². The summed E-state index contributed by atoms with van der Waals surface area (Å²) in [6.45, 7) is 0.876. The van der Waals surface area contributed by atoms with Crippen LogP contribution < -0.4 is 10.0 Å². The van der Waals surface area contributed by atoms with Crippen LogP contribution in [0, 0.1) is 5.92 Å². The smallest absolute Gasteiger partial charge is 0.281 e. The van der Waals surface area contributed by atoms with Crippen molar-refractivity contribution in [1.29, 1.82) is 0 Å². The topological polar surface area (TPSA) is 88.4 Å². The van der Waals surface area contributed by atoms with Crippen molar-refractivity contribution in [1.82, 2.24) is 14.6 Å². The number of imidazole rings is 1. The van der Waals surface area contributed by atoms with Crippen molar-refractivity contribution in [2.24, 2.45) is 5.92 Å². The summed E-state index contributed by atoms with van der Waals surface area (Å²) in [6.07, 6.45) is 3.82. The van der Waals surface area contributed by atoms with Gasteiger partial charge in [-0.15, -0.1) is 5.10 Å². The van der Waals surface area contributed by atoms with Gasteiger partial charge in [0.2, 0.25) is 10.1 Å². The van der Waals surface area contributed by atoms with Crippen LogP contribution in [-0.2, 0) is 10.0 Å². The first-order chi connectivity index (χ1) is 11.1. The lowest BCUT2D eigenvalue weighted by atomic mass is 10.3. The van der Waals surface area contributed by atoms with Gasteiger partial charge in [0.1, 0.15) is 0 Å². The maximum atomic E-state index is 12.5. The molecule has 1 fully saturated rings. The fourth-order valence-corrected chi connectivity index (χ4v) is 4.13. The molecule has 7 nitrogen and oxygen atoms in total. The molecule has 0 unspecified atom stereocenters. The third-order valence-electron chi connectivity index (χ3n) is 3.59. The molecule has 2 heterocycles. The van der Waals surface area contributed by atoms with E-state index < -0.39 is 10.0 Å². The van der Waals surface area contributed by atoms with E-state index in [9.17, 15) is 8.42 Å². The van der Waals surface area contributed by atoms with Crippen molar-refractivity contribution in [3.05, 3.63) is 36.5 Å². The highest BCUT2D eigenvalue weighted by Crippen LogP contribution is 2.30. The van der Waals surface area contributed by atoms with E-state index in [0.29, 0.717) is 21.7 Å². The lowest BCUT2D eigenvalue weighted by molar-refractivity contribution is 0.594. The quantitative estimate of drug-likeness (QED) is 0.713. The molecular formula is C14H15N5O2S2. The lowest BCUT2D eigenvalue weighted by Crippen LogP contribution is -2.15. The minimum absolute atomic E-state index is 0.0343. The Bertz CT molecular complexity index is 929. The number of sulfonamides is 1. The Kier molecular flexibility index (Phi) is 3.46. The number of benzene rings is 1. The van der Waals surface area contributed by atoms with Crippen LogP contribution in [0.1, 0.15) is 12.8 Å². The first kappa shape index (κ1) is 14.5. The minimum atomic E-state index is -3.74. The second kappa shape index (κ2) is 5.50. The zero-order valence-corrected chi connectivity index (χ0v) is 13.8. The van der Waals surface area contributed by atoms with E-state index in [-0.39, 0.29) is 5.03 Å². The highest BCUT2D eigenvalue weighted by Gasteiger charge is 2.24. The van der Waals surface area contributed by atoms with Crippen LogP contribution >= 0.6 is 11.3 Å². The van der Waals surface area contributed by atoms with Crippen molar-refractivity contribution in [2.75, 3.05) is 16.6 Å². The van der Waals surface area contributed by atoms with Gasteiger partial charge in [-0.2, -0.15) is 12.9 Å². The Balaban J connectivity index is 1.61. The molecule has 1 aliphatic rings. The lowest BCUT2D eigenvalue weighted by Gasteiger charge is -2.05. The Morgan fingerprint density at radius 1 is 1.26 bits per heavy atom. The van der Waals surface area contributed by atoms with E-state index >= 15 is 0 Å². The molecule has 9 heteroatoms. The number of anilines is 2. The maximum absolute atomic E-state index is 12.5. The predicted octanol–water partition coefficient (Wildman–Crippen LogP) is 2.41. The van der Waals surface area contributed by atoms with Crippen molar-refractivity contribution < 1.29 is 8.42 Å². The Labute approximate surface area is 137 Å². The van der Waals surface area contributed by atoms with Crippen molar-refractivity contribution in [3.63, 3.8) is 0 Å². The summed E-state index contributed by atoms with van der Waals surface area (Å²) in [5.41, 5.74) is 0.504. The molecule has 0 spiro atoms. The normalized spacial score (nSPS) is 15.0. The van der Waals surface area contributed by atoms with E-state index in [0.717, 1.165) is 6.54 Å². The van der Waals surface area contributed by atoms with E-state index in [4.69, 9.17) is 0 Å². The number of hydrogen-bond acceptors (Lipinski definition) is 6. The van der Waals surface area contributed by atoms with Gasteiger partial charge in [0.05, 0.1) is 6.20 Å². The largest absolute Gasteiger partial charge is 0.360 e. The van der Waals surface area contributed by atoms with E-state index in [1.807, 2.05) is 6.07 Å². The first-order valence-electron chi connectivity index (χ1n) is 7.28. The molecular weight excluding hydrogens is 334 g/mol. The molecule has 0 radical (unpaired) electrons. The number of aromatic nitrogens is 3. The summed E-state index contributed by atoms with van der Waals surface area (Å²) in [5.74, 6) is 0.717. The van der Waals surface area contributed by atoms with E-state index in [1.165, 1.54) is 34.9 Å². The molecule has 23 heavy (non-hydrogen) atoms. The number of fused-ring (bicyclic) bond motifs is 1. The number of rotatable bonds is 6. The van der Waals surface area contributed by atoms with Gasteiger partial charge >= 0.3 is 0 Å². The van der Waals surface area contributed by atoms with Gasteiger partial charge in [-0.1, -0.05) is 29.5 Å². The van der Waals surface area contributed by atoms with Crippen molar-refractivity contribution in [3.8, 4) is 0 Å². The van der Waals surface area contributed by atoms with Crippen LogP contribution in [0.15, 0.2) is 41.6 Å². The third kappa shape index (κ3) is 3.02. The van der Waals surface area contributed by atoms with E-state index in [2.05, 4.69) is 20.1 Å². The summed E-state index contributed by atoms with van der Waals surface area (Å²) < 4.78 is 29.0. The van der Waals surface area contributed by atoms with Gasteiger partial charge in [0.25, 0.3) is 10.0 Å². The summed E-state index contributed by atoms with van der Waals surface area (Å²) in [6, 6.07) is 8.76. The molecule has 1 aromatic carbocycles. The first-order valence-corrected chi connectivity index (χ1v) is 9.58. The summed E-state index contributed by atoms with van der Waals surface area (Å²) in [5, 5.41) is 8.29. The molecule has 0 aliphatic heterocycles. The maximum Gasteiger partial charge on any atom is 0.281 e. The number of nitrogens with one attached hydrogen (secondary N) is 2. The van der Waals surface area contributed by atoms with Gasteiger partial charge in [0, 0.05) is 12.2 Å². The molecule has 0 amide bonds. The third-order valence-corrected chi connectivity index (χ3v) is 5.81. The second-order valence-corrected chi connectivity index (χ2v) is 8.08. The SMILES string of the molecule is O=S(=O)(Nc1ccccc1)c1cnc2sc(NCC3CC3)nn12. The minimum Gasteiger partial charge on any atom is -0.360 e. The number of para-hydroxylation sites is 1. The van der Waals surface area contributed by atoms with Crippen LogP contribution in [0.5, 0.6) is 0 Å². The van der Waals surface area contributed by atoms with Crippen molar-refractivity contribution >= 4 is 37.1 Å². The molecule has 4 rings (SSSR count). The highest BCUT2D eigenvalue weighted by molar-refractivity contribution is 7.92. The molecule has 0 atom stereocenters. The molecule has 1 aliphatic carbocycles. The zero-order valence-electron chi connectivity index (χ0n) is 12.1. The van der Waals surface area contributed by atoms with Gasteiger partial charge in [-0.25, -0.2) is 4.98 Å². The van der Waals surface area contributed by atoms with Crippen LogP contribution in [0.2, 0.25) is 0 Å². The summed E-state index contributed by atoms with van der Waals surface area (Å²) in [7, 11) is -3.74. The molecule has 120 valence electrons. The van der Waals surface area contributed by atoms with E-state index in [1.54, 1.807) is 24.3 Å². The second-order valence-electron chi connectivity index (χ2n) is 5.49. The van der Waals surface area contributed by atoms with Gasteiger partial charge in [-0.3, -0.25) is 4.72 Å². The van der Waals surface area contributed by atoms with Gasteiger partial charge in [-0.05, 0) is 30.9 Å². The van der Waals surface area contributed by atoms with Crippen LogP contribution in [-0.4, -0.2) is 29.6 Å². The standard InChI is InChI=1S/C14H15N5O2S2/c20-23(21,18-11-4-2-1-3-5-11)12-9-16-14-19(12)17-13(22-14)15-8-10-6-7-10/h1-5,9-10,18H,6-8H2,(H,15,17). The molecule has 1 saturated carbocycles. The monoisotopic (exact) mass is 349 g/mol. The van der Waals surface area contributed by atoms with Crippen LogP contribution in [0.3, 0.4) is 0 Å². The Morgan fingerprint density at radius 3 is 2.78 bits per heavy atom. The molecule has 3 aromatic rings. The Morgan fingerprint density at radius 2 is 2.04 bits per heavy atom. The molecule has 2 N–H and O–H groups in total. The molecule has 2 aromatic heterocycles. The Hall–Kier alpha value is -2.13. The van der Waals surface area contributed by atoms with Gasteiger partial charge in [0.15, 0.2) is 5.03 Å². The van der Waals surface area contributed by atoms with Crippen LogP contribution in [0.4, 0.5) is 10.8 Å². The highest BCUT2D eigenvalue weighted by atomic mass is 32.2. The fourth-order valence-electron chi connectivity index (χ4n) is 2.20. The fraction of sp³-hybridized carbons (Fsp3) is 0.286. The number of nitrogens with zero attached hydrogens (tertiary/aromatic N) is 3. The molecule has 0 saturated heterocycles. The van der Waals surface area contributed by atoms with Crippen LogP contribution in [0.25, 0.3) is 4.96 Å². The average Bonchev–Trinajstić information content (AvgIpc) is 3.13. The van der Waals surface area contributed by atoms with Crippen molar-refractivity contribution in [2.45, 2.75) is 17.9 Å². The average molecular weight is 349 g/mol. The zero-order chi connectivity index (χ0) is 15.9. The summed E-state index contributed by atoms with van der Waals surface area (Å²) in [4.78, 5) is 4.70. The molecule has 0 bridgehead atoms. The summed E-state index contributed by atoms with van der Waals surface area (Å²) >= 11 is 1.35. The number of hydrogen-bond donors (Lipinski definition) is 2. The predicted molar refractivity (Wildman–Crippen MR) is 89.3 cm³/mol.